The SMILES string of the molecule is Cc1c(Br)ccc(-c2ccc(C(=O)NO)o2)c1C. The maximum absolute atomic E-state index is 11.2. The molecule has 0 saturated heterocycles. The van der Waals surface area contributed by atoms with Crippen LogP contribution in [0.15, 0.2) is 33.2 Å². The van der Waals surface area contributed by atoms with E-state index in [0.717, 1.165) is 21.2 Å². The number of furan rings is 1. The van der Waals surface area contributed by atoms with Gasteiger partial charge in [-0.05, 0) is 49.2 Å². The summed E-state index contributed by atoms with van der Waals surface area (Å²) in [5, 5.41) is 8.54. The van der Waals surface area contributed by atoms with E-state index in [0.29, 0.717) is 5.76 Å². The first-order valence-electron chi connectivity index (χ1n) is 5.35. The number of benzene rings is 1. The third kappa shape index (κ3) is 2.19. The number of hydrogen-bond donors (Lipinski definition) is 2. The topological polar surface area (TPSA) is 62.5 Å². The molecule has 94 valence electrons. The molecule has 2 N–H and O–H groups in total. The molecular formula is C13H12BrNO3. The molecule has 0 aliphatic heterocycles. The Labute approximate surface area is 113 Å². The third-order valence-corrected chi connectivity index (χ3v) is 3.78. The molecule has 0 bridgehead atoms. The van der Waals surface area contributed by atoms with Crippen LogP contribution in [0.2, 0.25) is 0 Å². The second kappa shape index (κ2) is 4.96. The van der Waals surface area contributed by atoms with Gasteiger partial charge in [-0.1, -0.05) is 15.9 Å². The van der Waals surface area contributed by atoms with Crippen LogP contribution in [-0.2, 0) is 0 Å². The Morgan fingerprint density at radius 2 is 1.94 bits per heavy atom. The second-order valence-corrected chi connectivity index (χ2v) is 4.80. The summed E-state index contributed by atoms with van der Waals surface area (Å²) in [6.07, 6.45) is 0. The van der Waals surface area contributed by atoms with Gasteiger partial charge in [-0.25, -0.2) is 5.48 Å². The van der Waals surface area contributed by atoms with Gasteiger partial charge in [-0.2, -0.15) is 0 Å². The predicted molar refractivity (Wildman–Crippen MR) is 70.6 cm³/mol. The van der Waals surface area contributed by atoms with Crippen LogP contribution in [-0.4, -0.2) is 11.1 Å². The van der Waals surface area contributed by atoms with Crippen molar-refractivity contribution in [1.29, 1.82) is 0 Å². The van der Waals surface area contributed by atoms with Crippen molar-refractivity contribution in [2.45, 2.75) is 13.8 Å². The fourth-order valence-electron chi connectivity index (χ4n) is 1.71. The first-order valence-corrected chi connectivity index (χ1v) is 6.14. The molecule has 0 aliphatic rings. The van der Waals surface area contributed by atoms with Crippen LogP contribution in [0, 0.1) is 13.8 Å². The summed E-state index contributed by atoms with van der Waals surface area (Å²) >= 11 is 3.46. The molecule has 0 saturated carbocycles. The first kappa shape index (κ1) is 12.9. The van der Waals surface area contributed by atoms with Crippen molar-refractivity contribution >= 4 is 21.8 Å². The number of nitrogens with one attached hydrogen (secondary N) is 1. The van der Waals surface area contributed by atoms with Gasteiger partial charge in [0.05, 0.1) is 0 Å². The summed E-state index contributed by atoms with van der Waals surface area (Å²) < 4.78 is 6.44. The second-order valence-electron chi connectivity index (χ2n) is 3.95. The van der Waals surface area contributed by atoms with E-state index in [9.17, 15) is 4.79 Å². The number of carbonyl (C=O) groups is 1. The Hall–Kier alpha value is -1.59. The number of halogens is 1. The van der Waals surface area contributed by atoms with E-state index in [1.165, 1.54) is 6.07 Å². The number of amides is 1. The standard InChI is InChI=1S/C13H12BrNO3/c1-7-8(2)10(14)4-3-9(7)11-5-6-12(18-11)13(16)15-17/h3-6,17H,1-2H3,(H,15,16). The van der Waals surface area contributed by atoms with Crippen LogP contribution in [0.3, 0.4) is 0 Å². The fourth-order valence-corrected chi connectivity index (χ4v) is 2.14. The molecule has 0 atom stereocenters. The number of hydrogen-bond acceptors (Lipinski definition) is 3. The zero-order chi connectivity index (χ0) is 13.3. The number of rotatable bonds is 2. The molecule has 2 rings (SSSR count). The Morgan fingerprint density at radius 1 is 1.22 bits per heavy atom. The lowest BCUT2D eigenvalue weighted by molar-refractivity contribution is 0.0677. The molecular weight excluding hydrogens is 298 g/mol. The Balaban J connectivity index is 2.47. The summed E-state index contributed by atoms with van der Waals surface area (Å²) in [5.41, 5.74) is 4.67. The summed E-state index contributed by atoms with van der Waals surface area (Å²) in [7, 11) is 0. The molecule has 0 fully saturated rings. The van der Waals surface area contributed by atoms with Crippen LogP contribution in [0.1, 0.15) is 21.7 Å². The summed E-state index contributed by atoms with van der Waals surface area (Å²) in [4.78, 5) is 11.2. The van der Waals surface area contributed by atoms with Crippen LogP contribution in [0.25, 0.3) is 11.3 Å². The molecule has 5 heteroatoms. The van der Waals surface area contributed by atoms with Gasteiger partial charge >= 0.3 is 5.91 Å². The van der Waals surface area contributed by atoms with Crippen LogP contribution in [0.5, 0.6) is 0 Å². The van der Waals surface area contributed by atoms with Crippen molar-refractivity contribution in [2.75, 3.05) is 0 Å². The number of hydroxylamine groups is 1. The van der Waals surface area contributed by atoms with Gasteiger partial charge < -0.3 is 4.42 Å². The molecule has 0 unspecified atom stereocenters. The van der Waals surface area contributed by atoms with Crippen LogP contribution < -0.4 is 5.48 Å². The smallest absolute Gasteiger partial charge is 0.310 e. The first-order chi connectivity index (χ1) is 8.54. The molecule has 4 nitrogen and oxygen atoms in total. The summed E-state index contributed by atoms with van der Waals surface area (Å²) in [6.45, 7) is 4.00. The molecule has 0 spiro atoms. The predicted octanol–water partition coefficient (Wildman–Crippen LogP) is 3.44. The van der Waals surface area contributed by atoms with E-state index in [1.807, 2.05) is 26.0 Å². The Morgan fingerprint density at radius 3 is 2.61 bits per heavy atom. The zero-order valence-corrected chi connectivity index (χ0v) is 11.5. The minimum atomic E-state index is -0.660. The van der Waals surface area contributed by atoms with Gasteiger partial charge in [-0.15, -0.1) is 0 Å². The molecule has 1 aromatic heterocycles. The number of carbonyl (C=O) groups excluding carboxylic acids is 1. The van der Waals surface area contributed by atoms with Gasteiger partial charge in [-0.3, -0.25) is 10.0 Å². The summed E-state index contributed by atoms with van der Waals surface area (Å²) in [5.74, 6) is 0.0157. The molecule has 0 aliphatic carbocycles. The van der Waals surface area contributed by atoms with E-state index in [1.54, 1.807) is 11.5 Å². The molecule has 1 heterocycles. The lowest BCUT2D eigenvalue weighted by Gasteiger charge is -2.08. The quantitative estimate of drug-likeness (QED) is 0.660. The highest BCUT2D eigenvalue weighted by molar-refractivity contribution is 9.10. The molecule has 1 aromatic carbocycles. The Bertz CT molecular complexity index is 604. The summed E-state index contributed by atoms with van der Waals surface area (Å²) in [6, 6.07) is 7.09. The Kier molecular flexibility index (Phi) is 3.54. The zero-order valence-electron chi connectivity index (χ0n) is 9.95. The van der Waals surface area contributed by atoms with E-state index in [4.69, 9.17) is 9.62 Å². The highest BCUT2D eigenvalue weighted by Crippen LogP contribution is 2.31. The van der Waals surface area contributed by atoms with Gasteiger partial charge in [0.15, 0.2) is 5.76 Å². The minimum Gasteiger partial charge on any atom is -0.451 e. The molecule has 2 aromatic rings. The fraction of sp³-hybridized carbons (Fsp3) is 0.154. The van der Waals surface area contributed by atoms with Crippen molar-refractivity contribution < 1.29 is 14.4 Å². The lowest BCUT2D eigenvalue weighted by Crippen LogP contribution is -2.17. The monoisotopic (exact) mass is 309 g/mol. The van der Waals surface area contributed by atoms with Crippen molar-refractivity contribution in [1.82, 2.24) is 5.48 Å². The maximum atomic E-state index is 11.2. The molecule has 0 radical (unpaired) electrons. The average Bonchev–Trinajstić information content (AvgIpc) is 2.84. The minimum absolute atomic E-state index is 0.0764. The largest absolute Gasteiger partial charge is 0.451 e. The average molecular weight is 310 g/mol. The van der Waals surface area contributed by atoms with Crippen molar-refractivity contribution in [3.05, 3.63) is 45.6 Å². The lowest BCUT2D eigenvalue weighted by atomic mass is 10.0. The molecule has 1 amide bonds. The highest BCUT2D eigenvalue weighted by atomic mass is 79.9. The normalized spacial score (nSPS) is 10.4. The van der Waals surface area contributed by atoms with E-state index >= 15 is 0 Å². The van der Waals surface area contributed by atoms with Crippen LogP contribution in [0.4, 0.5) is 0 Å². The highest BCUT2D eigenvalue weighted by Gasteiger charge is 2.14. The van der Waals surface area contributed by atoms with Gasteiger partial charge in [0.2, 0.25) is 0 Å². The van der Waals surface area contributed by atoms with Gasteiger partial charge in [0.25, 0.3) is 0 Å². The van der Waals surface area contributed by atoms with E-state index in [2.05, 4.69) is 15.9 Å². The maximum Gasteiger partial charge on any atom is 0.310 e. The van der Waals surface area contributed by atoms with Crippen molar-refractivity contribution in [3.63, 3.8) is 0 Å². The van der Waals surface area contributed by atoms with E-state index in [-0.39, 0.29) is 5.76 Å². The third-order valence-electron chi connectivity index (χ3n) is 2.92. The van der Waals surface area contributed by atoms with Crippen molar-refractivity contribution in [3.8, 4) is 11.3 Å². The van der Waals surface area contributed by atoms with Crippen LogP contribution >= 0.6 is 15.9 Å². The van der Waals surface area contributed by atoms with Gasteiger partial charge in [0.1, 0.15) is 5.76 Å². The molecule has 18 heavy (non-hydrogen) atoms. The van der Waals surface area contributed by atoms with Crippen molar-refractivity contribution in [2.24, 2.45) is 0 Å². The van der Waals surface area contributed by atoms with E-state index < -0.39 is 5.91 Å². The van der Waals surface area contributed by atoms with Gasteiger partial charge in [0, 0.05) is 10.0 Å².